The molecule has 2 aromatic heterocycles. The number of anilines is 2. The molecule has 7 nitrogen and oxygen atoms in total. The number of hydrogen-bond donors (Lipinski definition) is 0. The van der Waals surface area contributed by atoms with Gasteiger partial charge in [-0.15, -0.1) is 0 Å². The van der Waals surface area contributed by atoms with E-state index in [0.717, 1.165) is 18.8 Å². The molecule has 23 heavy (non-hydrogen) atoms. The highest BCUT2D eigenvalue weighted by atomic mass is 35.5. The molecule has 1 saturated heterocycles. The molecule has 0 radical (unpaired) electrons. The molecule has 1 aliphatic rings. The zero-order valence-corrected chi connectivity index (χ0v) is 14.5. The second-order valence-electron chi connectivity index (χ2n) is 5.16. The van der Waals surface area contributed by atoms with Crippen LogP contribution in [0.25, 0.3) is 5.95 Å². The molecule has 0 aliphatic carbocycles. The van der Waals surface area contributed by atoms with Gasteiger partial charge in [0, 0.05) is 32.9 Å². The molecule has 0 amide bonds. The van der Waals surface area contributed by atoms with Crippen LogP contribution in [0, 0.1) is 0 Å². The Labute approximate surface area is 146 Å². The summed E-state index contributed by atoms with van der Waals surface area (Å²) in [6.07, 6.45) is 3.81. The molecule has 9 heteroatoms. The molecule has 0 unspecified atom stereocenters. The molecule has 2 aromatic rings. The molecule has 3 rings (SSSR count). The van der Waals surface area contributed by atoms with Crippen molar-refractivity contribution in [1.82, 2.24) is 15.0 Å². The van der Waals surface area contributed by atoms with Crippen molar-refractivity contribution in [2.75, 3.05) is 50.2 Å². The van der Waals surface area contributed by atoms with Crippen LogP contribution in [0.4, 0.5) is 11.6 Å². The first kappa shape index (κ1) is 17.7. The van der Waals surface area contributed by atoms with E-state index in [1.807, 2.05) is 48.1 Å². The van der Waals surface area contributed by atoms with E-state index in [9.17, 15) is 0 Å². The lowest BCUT2D eigenvalue weighted by Gasteiger charge is -2.24. The minimum atomic E-state index is 0. The zero-order chi connectivity index (χ0) is 15.5. The van der Waals surface area contributed by atoms with Crippen LogP contribution < -0.4 is 26.8 Å². The fourth-order valence-corrected chi connectivity index (χ4v) is 2.35. The Hall–Kier alpha value is -1.70. The Balaban J connectivity index is 0.00000192. The van der Waals surface area contributed by atoms with E-state index in [0.29, 0.717) is 25.1 Å². The average Bonchev–Trinajstić information content (AvgIpc) is 2.55. The van der Waals surface area contributed by atoms with Crippen LogP contribution >= 0.6 is 11.6 Å². The molecule has 1 aliphatic heterocycles. The van der Waals surface area contributed by atoms with Gasteiger partial charge in [0.05, 0.1) is 25.6 Å². The highest BCUT2D eigenvalue weighted by molar-refractivity contribution is 6.28. The summed E-state index contributed by atoms with van der Waals surface area (Å²) in [6.45, 7) is 2.85. The number of rotatable bonds is 3. The van der Waals surface area contributed by atoms with Crippen molar-refractivity contribution in [2.24, 2.45) is 0 Å². The number of ether oxygens (including phenoxy) is 1. The first-order chi connectivity index (χ1) is 10.6. The molecule has 0 aromatic carbocycles. The summed E-state index contributed by atoms with van der Waals surface area (Å²) in [5.74, 6) is 1.09. The maximum absolute atomic E-state index is 6.06. The van der Waals surface area contributed by atoms with Crippen LogP contribution in [0.1, 0.15) is 0 Å². The number of halogens is 2. The second-order valence-corrected chi connectivity index (χ2v) is 5.50. The highest BCUT2D eigenvalue weighted by Crippen LogP contribution is 2.13. The first-order valence-electron chi connectivity index (χ1n) is 7.07. The summed E-state index contributed by atoms with van der Waals surface area (Å²) in [7, 11) is 3.99. The fourth-order valence-electron chi connectivity index (χ4n) is 2.20. The van der Waals surface area contributed by atoms with E-state index < -0.39 is 0 Å². The second kappa shape index (κ2) is 7.72. The molecular weight excluding hydrogens is 339 g/mol. The van der Waals surface area contributed by atoms with Gasteiger partial charge in [-0.2, -0.15) is 4.98 Å². The standard InChI is InChI=1S/C14H18ClN6O.ClH/c1-19(2)11-3-5-20(6-4-11)13-16-12(15)17-14(18-13)21-7-9-22-10-8-21;/h3-6H,7-10H2,1-2H3;1H/q+1;/p-1. The van der Waals surface area contributed by atoms with E-state index in [1.54, 1.807) is 0 Å². The summed E-state index contributed by atoms with van der Waals surface area (Å²) in [5.41, 5.74) is 1.10. The predicted molar refractivity (Wildman–Crippen MR) is 83.7 cm³/mol. The van der Waals surface area contributed by atoms with Gasteiger partial charge in [-0.05, 0) is 33.7 Å². The Morgan fingerprint density at radius 2 is 1.78 bits per heavy atom. The van der Waals surface area contributed by atoms with E-state index in [1.165, 1.54) is 0 Å². The monoisotopic (exact) mass is 356 g/mol. The molecule has 1 fully saturated rings. The summed E-state index contributed by atoms with van der Waals surface area (Å²) in [6, 6.07) is 3.98. The third kappa shape index (κ3) is 4.19. The van der Waals surface area contributed by atoms with E-state index in [-0.39, 0.29) is 17.7 Å². The van der Waals surface area contributed by atoms with Crippen LogP contribution in [0.2, 0.25) is 5.28 Å². The van der Waals surface area contributed by atoms with Crippen molar-refractivity contribution in [3.05, 3.63) is 29.8 Å². The highest BCUT2D eigenvalue weighted by Gasteiger charge is 2.22. The molecule has 0 N–H and O–H groups in total. The predicted octanol–water partition coefficient (Wildman–Crippen LogP) is -2.29. The number of morpholine rings is 1. The number of hydrogen-bond acceptors (Lipinski definition) is 6. The normalized spacial score (nSPS) is 14.3. The molecule has 124 valence electrons. The zero-order valence-electron chi connectivity index (χ0n) is 13.0. The van der Waals surface area contributed by atoms with Crippen molar-refractivity contribution in [1.29, 1.82) is 0 Å². The van der Waals surface area contributed by atoms with Crippen molar-refractivity contribution in [3.8, 4) is 5.95 Å². The third-order valence-electron chi connectivity index (χ3n) is 3.44. The smallest absolute Gasteiger partial charge is 0.444 e. The Bertz CT molecular complexity index is 646. The summed E-state index contributed by atoms with van der Waals surface area (Å²) in [5, 5.41) is 0.190. The van der Waals surface area contributed by atoms with Gasteiger partial charge >= 0.3 is 17.2 Å². The fraction of sp³-hybridized carbons (Fsp3) is 0.429. The summed E-state index contributed by atoms with van der Waals surface area (Å²) in [4.78, 5) is 17.0. The number of pyridine rings is 1. The van der Waals surface area contributed by atoms with Crippen molar-refractivity contribution < 1.29 is 21.7 Å². The largest absolute Gasteiger partial charge is 1.00 e. The molecule has 0 bridgehead atoms. The minimum Gasteiger partial charge on any atom is -1.00 e. The van der Waals surface area contributed by atoms with Crippen LogP contribution in [-0.4, -0.2) is 55.4 Å². The Morgan fingerprint density at radius 3 is 2.39 bits per heavy atom. The lowest BCUT2D eigenvalue weighted by atomic mass is 10.4. The van der Waals surface area contributed by atoms with Gasteiger partial charge in [0.25, 0.3) is 0 Å². The van der Waals surface area contributed by atoms with Gasteiger partial charge in [-0.3, -0.25) is 0 Å². The van der Waals surface area contributed by atoms with Gasteiger partial charge in [0.2, 0.25) is 0 Å². The average molecular weight is 357 g/mol. The topological polar surface area (TPSA) is 58.3 Å². The minimum absolute atomic E-state index is 0. The van der Waals surface area contributed by atoms with Crippen LogP contribution in [0.15, 0.2) is 24.5 Å². The number of nitrogens with zero attached hydrogens (tertiary/aromatic N) is 6. The van der Waals surface area contributed by atoms with Crippen molar-refractivity contribution in [3.63, 3.8) is 0 Å². The Morgan fingerprint density at radius 1 is 1.13 bits per heavy atom. The Kier molecular flexibility index (Phi) is 5.92. The van der Waals surface area contributed by atoms with Gasteiger partial charge in [-0.25, -0.2) is 4.57 Å². The summed E-state index contributed by atoms with van der Waals surface area (Å²) >= 11 is 6.06. The lowest BCUT2D eigenvalue weighted by Crippen LogP contribution is -3.00. The maximum atomic E-state index is 6.06. The van der Waals surface area contributed by atoms with Crippen LogP contribution in [-0.2, 0) is 4.74 Å². The van der Waals surface area contributed by atoms with Crippen molar-refractivity contribution in [2.45, 2.75) is 0 Å². The molecule has 3 heterocycles. The van der Waals surface area contributed by atoms with Crippen LogP contribution in [0.5, 0.6) is 0 Å². The SMILES string of the molecule is CN(C)c1cc[n+](-c2nc(Cl)nc(N3CCOCC3)n2)cc1.[Cl-]. The number of aromatic nitrogens is 4. The van der Waals surface area contributed by atoms with Gasteiger partial charge in [-0.1, -0.05) is 0 Å². The maximum Gasteiger partial charge on any atom is 0.444 e. The van der Waals surface area contributed by atoms with Gasteiger partial charge < -0.3 is 26.9 Å². The molecule has 0 saturated carbocycles. The third-order valence-corrected chi connectivity index (χ3v) is 3.61. The lowest BCUT2D eigenvalue weighted by molar-refractivity contribution is -0.603. The quantitative estimate of drug-likeness (QED) is 0.577. The molecular formula is C14H18Cl2N6O. The summed E-state index contributed by atoms with van der Waals surface area (Å²) < 4.78 is 7.17. The van der Waals surface area contributed by atoms with Crippen LogP contribution in [0.3, 0.4) is 0 Å². The van der Waals surface area contributed by atoms with Crippen molar-refractivity contribution >= 4 is 23.2 Å². The van der Waals surface area contributed by atoms with Gasteiger partial charge in [0.15, 0.2) is 0 Å². The first-order valence-corrected chi connectivity index (χ1v) is 7.44. The van der Waals surface area contributed by atoms with E-state index >= 15 is 0 Å². The molecule has 0 atom stereocenters. The van der Waals surface area contributed by atoms with E-state index in [2.05, 4.69) is 19.9 Å². The van der Waals surface area contributed by atoms with E-state index in [4.69, 9.17) is 16.3 Å². The van der Waals surface area contributed by atoms with Gasteiger partial charge in [0.1, 0.15) is 0 Å². The molecule has 0 spiro atoms.